The fraction of sp³-hybridized carbons (Fsp3) is 0.231. The first-order valence-corrected chi connectivity index (χ1v) is 5.32. The fourth-order valence-electron chi connectivity index (χ4n) is 1.26. The maximum absolute atomic E-state index is 11.8. The van der Waals surface area contributed by atoms with Gasteiger partial charge in [0.2, 0.25) is 0 Å². The van der Waals surface area contributed by atoms with E-state index in [0.29, 0.717) is 11.1 Å². The number of amides is 1. The van der Waals surface area contributed by atoms with Gasteiger partial charge >= 0.3 is 5.97 Å². The zero-order chi connectivity index (χ0) is 13.4. The zero-order valence-corrected chi connectivity index (χ0v) is 10.0. The van der Waals surface area contributed by atoms with Crippen LogP contribution in [0.15, 0.2) is 24.3 Å². The van der Waals surface area contributed by atoms with Crippen molar-refractivity contribution >= 4 is 11.9 Å². The molecule has 18 heavy (non-hydrogen) atoms. The van der Waals surface area contributed by atoms with Gasteiger partial charge in [-0.05, 0) is 12.1 Å². The lowest BCUT2D eigenvalue weighted by Gasteiger charge is -2.05. The summed E-state index contributed by atoms with van der Waals surface area (Å²) in [6.07, 6.45) is 0. The first kappa shape index (κ1) is 13.7. The topological polar surface area (TPSA) is 81.4 Å². The molecule has 0 aromatic heterocycles. The summed E-state index contributed by atoms with van der Waals surface area (Å²) in [5.41, 5.74) is 6.26. The summed E-state index contributed by atoms with van der Waals surface area (Å²) in [6.45, 7) is 0.0477. The van der Waals surface area contributed by atoms with Gasteiger partial charge in [0.15, 0.2) is 0 Å². The highest BCUT2D eigenvalue weighted by Gasteiger charge is 2.10. The summed E-state index contributed by atoms with van der Waals surface area (Å²) >= 11 is 0. The number of hydrogen-bond acceptors (Lipinski definition) is 4. The summed E-state index contributed by atoms with van der Waals surface area (Å²) in [7, 11) is 1.26. The van der Waals surface area contributed by atoms with Gasteiger partial charge in [-0.25, -0.2) is 0 Å². The van der Waals surface area contributed by atoms with Gasteiger partial charge in [-0.15, -0.1) is 0 Å². The molecule has 0 aliphatic heterocycles. The molecule has 1 aromatic rings. The number of methoxy groups -OCH3 is 1. The average Bonchev–Trinajstić information content (AvgIpc) is 2.42. The maximum Gasteiger partial charge on any atom is 0.325 e. The number of esters is 1. The van der Waals surface area contributed by atoms with Crippen molar-refractivity contribution < 1.29 is 14.3 Å². The highest BCUT2D eigenvalue weighted by atomic mass is 16.5. The second-order valence-corrected chi connectivity index (χ2v) is 3.31. The van der Waals surface area contributed by atoms with Gasteiger partial charge < -0.3 is 15.8 Å². The molecule has 0 heterocycles. The number of hydrogen-bond donors (Lipinski definition) is 2. The molecular weight excluding hydrogens is 232 g/mol. The fourth-order valence-corrected chi connectivity index (χ4v) is 1.26. The number of carbonyl (C=O) groups excluding carboxylic acids is 2. The van der Waals surface area contributed by atoms with Crippen molar-refractivity contribution in [2.75, 3.05) is 20.2 Å². The minimum atomic E-state index is -0.506. The van der Waals surface area contributed by atoms with Crippen molar-refractivity contribution in [3.05, 3.63) is 35.4 Å². The third-order valence-corrected chi connectivity index (χ3v) is 2.12. The molecular formula is C13H14N2O3. The predicted molar refractivity (Wildman–Crippen MR) is 66.7 cm³/mol. The van der Waals surface area contributed by atoms with Gasteiger partial charge in [-0.2, -0.15) is 0 Å². The van der Waals surface area contributed by atoms with Crippen LogP contribution >= 0.6 is 0 Å². The Balaban J connectivity index is 2.82. The number of ether oxygens (including phenoxy) is 1. The Hall–Kier alpha value is -2.32. The van der Waals surface area contributed by atoms with Crippen molar-refractivity contribution in [1.82, 2.24) is 5.32 Å². The lowest BCUT2D eigenvalue weighted by molar-refractivity contribution is -0.139. The minimum absolute atomic E-state index is 0.173. The van der Waals surface area contributed by atoms with Gasteiger partial charge in [0.1, 0.15) is 6.54 Å². The van der Waals surface area contributed by atoms with Gasteiger partial charge in [0.05, 0.1) is 19.2 Å². The third kappa shape index (κ3) is 3.92. The molecule has 0 aliphatic rings. The Morgan fingerprint density at radius 1 is 1.39 bits per heavy atom. The number of nitrogens with two attached hydrogens (primary N) is 1. The van der Waals surface area contributed by atoms with E-state index >= 15 is 0 Å². The highest BCUT2D eigenvalue weighted by molar-refractivity contribution is 5.98. The Kier molecular flexibility index (Phi) is 5.42. The smallest absolute Gasteiger partial charge is 0.325 e. The molecule has 0 spiro atoms. The summed E-state index contributed by atoms with van der Waals surface area (Å²) in [5, 5.41) is 2.45. The van der Waals surface area contributed by atoms with E-state index < -0.39 is 5.97 Å². The predicted octanol–water partition coefficient (Wildman–Crippen LogP) is -0.100. The van der Waals surface area contributed by atoms with Gasteiger partial charge in [0, 0.05) is 5.56 Å². The first-order valence-electron chi connectivity index (χ1n) is 5.32. The van der Waals surface area contributed by atoms with Crippen molar-refractivity contribution in [2.45, 2.75) is 0 Å². The molecule has 0 atom stereocenters. The number of carbonyl (C=O) groups is 2. The quantitative estimate of drug-likeness (QED) is 0.576. The van der Waals surface area contributed by atoms with E-state index in [2.05, 4.69) is 21.9 Å². The molecule has 5 heteroatoms. The monoisotopic (exact) mass is 246 g/mol. The summed E-state index contributed by atoms with van der Waals surface area (Å²) in [4.78, 5) is 22.8. The van der Waals surface area contributed by atoms with Crippen LogP contribution in [-0.2, 0) is 9.53 Å². The Morgan fingerprint density at radius 3 is 2.78 bits per heavy atom. The molecule has 1 amide bonds. The standard InChI is InChI=1S/C13H14N2O3/c1-18-12(16)9-15-13(17)11-7-3-2-5-10(11)6-4-8-14/h2-3,5,7H,8-9,14H2,1H3,(H,15,17). The van der Waals surface area contributed by atoms with Crippen LogP contribution in [0.25, 0.3) is 0 Å². The summed E-state index contributed by atoms with van der Waals surface area (Å²) in [6, 6.07) is 6.85. The third-order valence-electron chi connectivity index (χ3n) is 2.12. The molecule has 94 valence electrons. The van der Waals surface area contributed by atoms with Crippen molar-refractivity contribution in [2.24, 2.45) is 5.73 Å². The molecule has 0 saturated carbocycles. The van der Waals surface area contributed by atoms with Gasteiger partial charge in [-0.3, -0.25) is 9.59 Å². The minimum Gasteiger partial charge on any atom is -0.468 e. The number of rotatable bonds is 3. The number of nitrogens with one attached hydrogen (secondary N) is 1. The van der Waals surface area contributed by atoms with Crippen molar-refractivity contribution in [3.8, 4) is 11.8 Å². The van der Waals surface area contributed by atoms with Gasteiger partial charge in [-0.1, -0.05) is 24.0 Å². The summed E-state index contributed by atoms with van der Waals surface area (Å²) < 4.78 is 4.43. The molecule has 0 fully saturated rings. The lowest BCUT2D eigenvalue weighted by atomic mass is 10.1. The highest BCUT2D eigenvalue weighted by Crippen LogP contribution is 2.06. The van der Waals surface area contributed by atoms with E-state index in [1.54, 1.807) is 24.3 Å². The van der Waals surface area contributed by atoms with Crippen LogP contribution in [0.5, 0.6) is 0 Å². The molecule has 0 bridgehead atoms. The molecule has 0 unspecified atom stereocenters. The van der Waals surface area contributed by atoms with Crippen LogP contribution in [0.1, 0.15) is 15.9 Å². The van der Waals surface area contributed by atoms with Crippen molar-refractivity contribution in [3.63, 3.8) is 0 Å². The molecule has 0 saturated heterocycles. The van der Waals surface area contributed by atoms with E-state index in [-0.39, 0.29) is 19.0 Å². The van der Waals surface area contributed by atoms with Crippen LogP contribution in [0.3, 0.4) is 0 Å². The molecule has 3 N–H and O–H groups in total. The van der Waals surface area contributed by atoms with E-state index in [0.717, 1.165) is 0 Å². The average molecular weight is 246 g/mol. The van der Waals surface area contributed by atoms with E-state index in [1.165, 1.54) is 7.11 Å². The first-order chi connectivity index (χ1) is 8.69. The molecule has 0 radical (unpaired) electrons. The largest absolute Gasteiger partial charge is 0.468 e. The SMILES string of the molecule is COC(=O)CNC(=O)c1ccccc1C#CCN. The lowest BCUT2D eigenvalue weighted by Crippen LogP contribution is -2.30. The summed E-state index contributed by atoms with van der Waals surface area (Å²) in [5.74, 6) is 4.61. The maximum atomic E-state index is 11.8. The zero-order valence-electron chi connectivity index (χ0n) is 10.0. The molecule has 1 aromatic carbocycles. The Morgan fingerprint density at radius 2 is 2.11 bits per heavy atom. The van der Waals surface area contributed by atoms with Gasteiger partial charge in [0.25, 0.3) is 5.91 Å². The molecule has 0 aliphatic carbocycles. The normalized spacial score (nSPS) is 9.00. The van der Waals surface area contributed by atoms with Crippen LogP contribution in [-0.4, -0.2) is 32.1 Å². The van der Waals surface area contributed by atoms with E-state index in [1.807, 2.05) is 0 Å². The second kappa shape index (κ2) is 7.09. The molecule has 5 nitrogen and oxygen atoms in total. The molecule has 1 rings (SSSR count). The van der Waals surface area contributed by atoms with Crippen LogP contribution in [0.4, 0.5) is 0 Å². The number of benzene rings is 1. The Bertz CT molecular complexity index is 500. The van der Waals surface area contributed by atoms with Crippen LogP contribution < -0.4 is 11.1 Å². The second-order valence-electron chi connectivity index (χ2n) is 3.31. The van der Waals surface area contributed by atoms with E-state index in [4.69, 9.17) is 5.73 Å². The Labute approximate surface area is 105 Å². The van der Waals surface area contributed by atoms with Crippen molar-refractivity contribution in [1.29, 1.82) is 0 Å². The van der Waals surface area contributed by atoms with Crippen LogP contribution in [0.2, 0.25) is 0 Å². The van der Waals surface area contributed by atoms with E-state index in [9.17, 15) is 9.59 Å². The van der Waals surface area contributed by atoms with Crippen LogP contribution in [0, 0.1) is 11.8 Å².